The number of aliphatic imine (C=N–C) groups is 1. The van der Waals surface area contributed by atoms with Gasteiger partial charge in [-0.1, -0.05) is 23.7 Å². The van der Waals surface area contributed by atoms with Crippen LogP contribution < -0.4 is 0 Å². The molecule has 1 unspecified atom stereocenters. The third-order valence-corrected chi connectivity index (χ3v) is 2.89. The van der Waals surface area contributed by atoms with Crippen LogP contribution in [0.3, 0.4) is 0 Å². The van der Waals surface area contributed by atoms with Gasteiger partial charge in [-0.15, -0.1) is 0 Å². The predicted octanol–water partition coefficient (Wildman–Crippen LogP) is 3.35. The molecule has 0 amide bonds. The molecule has 2 rings (SSSR count). The highest BCUT2D eigenvalue weighted by Gasteiger charge is 2.11. The van der Waals surface area contributed by atoms with E-state index in [0.29, 0.717) is 11.4 Å². The van der Waals surface area contributed by atoms with Crippen LogP contribution in [0.25, 0.3) is 0 Å². The molecule has 1 heterocycles. The van der Waals surface area contributed by atoms with E-state index in [1.807, 2.05) is 24.3 Å². The van der Waals surface area contributed by atoms with Gasteiger partial charge in [-0.05, 0) is 41.8 Å². The van der Waals surface area contributed by atoms with Gasteiger partial charge in [0.15, 0.2) is 0 Å². The second-order valence-corrected chi connectivity index (χ2v) is 4.28. The molecule has 0 aliphatic rings. The van der Waals surface area contributed by atoms with E-state index in [4.69, 9.17) is 11.6 Å². The third-order valence-electron chi connectivity index (χ3n) is 2.64. The Labute approximate surface area is 110 Å². The van der Waals surface area contributed by atoms with E-state index in [1.54, 1.807) is 30.6 Å². The van der Waals surface area contributed by atoms with Crippen molar-refractivity contribution in [3.8, 4) is 0 Å². The quantitative estimate of drug-likeness (QED) is 0.623. The van der Waals surface area contributed by atoms with Crippen molar-refractivity contribution in [1.29, 1.82) is 0 Å². The summed E-state index contributed by atoms with van der Waals surface area (Å²) in [5.41, 5.74) is 2.02. The predicted molar refractivity (Wildman–Crippen MR) is 70.3 cm³/mol. The Kier molecular flexibility index (Phi) is 4.24. The zero-order valence-corrected chi connectivity index (χ0v) is 10.3. The summed E-state index contributed by atoms with van der Waals surface area (Å²) in [6, 6.07) is 10.9. The first kappa shape index (κ1) is 12.5. The Morgan fingerprint density at radius 3 is 2.44 bits per heavy atom. The van der Waals surface area contributed by atoms with Crippen LogP contribution in [0.2, 0.25) is 5.02 Å². The number of halogens is 1. The van der Waals surface area contributed by atoms with Crippen molar-refractivity contribution in [3.05, 3.63) is 64.9 Å². The highest BCUT2D eigenvalue weighted by atomic mass is 35.5. The van der Waals surface area contributed by atoms with Gasteiger partial charge in [0.05, 0.1) is 6.04 Å². The number of pyridine rings is 1. The second-order valence-electron chi connectivity index (χ2n) is 3.85. The Bertz CT molecular complexity index is 548. The lowest BCUT2D eigenvalue weighted by atomic mass is 10.0. The summed E-state index contributed by atoms with van der Waals surface area (Å²) >= 11 is 5.84. The van der Waals surface area contributed by atoms with Gasteiger partial charge in [-0.3, -0.25) is 4.98 Å². The molecule has 4 heteroatoms. The van der Waals surface area contributed by atoms with Crippen LogP contribution in [0.5, 0.6) is 0 Å². The summed E-state index contributed by atoms with van der Waals surface area (Å²) in [4.78, 5) is 18.3. The second kappa shape index (κ2) is 6.10. The molecule has 18 heavy (non-hydrogen) atoms. The van der Waals surface area contributed by atoms with Crippen LogP contribution in [0.15, 0.2) is 53.8 Å². The molecule has 0 spiro atoms. The van der Waals surface area contributed by atoms with Gasteiger partial charge < -0.3 is 0 Å². The molecule has 0 aliphatic carbocycles. The lowest BCUT2D eigenvalue weighted by Crippen LogP contribution is -2.00. The molecule has 1 aromatic carbocycles. The van der Waals surface area contributed by atoms with E-state index >= 15 is 0 Å². The molecule has 1 aromatic heterocycles. The van der Waals surface area contributed by atoms with Crippen molar-refractivity contribution < 1.29 is 4.79 Å². The smallest absolute Gasteiger partial charge is 0.235 e. The highest BCUT2D eigenvalue weighted by molar-refractivity contribution is 6.30. The monoisotopic (exact) mass is 258 g/mol. The number of isocyanates is 1. The first-order valence-corrected chi connectivity index (χ1v) is 5.89. The Balaban J connectivity index is 2.23. The SMILES string of the molecule is O=C=NC(Cc1ccncc1)c1ccc(Cl)cc1. The summed E-state index contributed by atoms with van der Waals surface area (Å²) < 4.78 is 0. The van der Waals surface area contributed by atoms with Crippen molar-refractivity contribution >= 4 is 17.7 Å². The van der Waals surface area contributed by atoms with Gasteiger partial charge in [0.1, 0.15) is 0 Å². The summed E-state index contributed by atoms with van der Waals surface area (Å²) in [6.45, 7) is 0. The molecule has 0 saturated carbocycles. The summed E-state index contributed by atoms with van der Waals surface area (Å²) in [5.74, 6) is 0. The number of benzene rings is 1. The molecule has 0 radical (unpaired) electrons. The molecule has 2 aromatic rings. The van der Waals surface area contributed by atoms with E-state index in [2.05, 4.69) is 9.98 Å². The molecule has 0 bridgehead atoms. The van der Waals surface area contributed by atoms with Gasteiger partial charge in [0, 0.05) is 17.4 Å². The highest BCUT2D eigenvalue weighted by Crippen LogP contribution is 2.23. The summed E-state index contributed by atoms with van der Waals surface area (Å²) in [6.07, 6.45) is 5.71. The Morgan fingerprint density at radius 2 is 1.83 bits per heavy atom. The van der Waals surface area contributed by atoms with Crippen molar-refractivity contribution in [2.24, 2.45) is 4.99 Å². The summed E-state index contributed by atoms with van der Waals surface area (Å²) in [7, 11) is 0. The van der Waals surface area contributed by atoms with E-state index in [0.717, 1.165) is 11.1 Å². The molecule has 1 atom stereocenters. The topological polar surface area (TPSA) is 42.3 Å². The molecule has 0 saturated heterocycles. The standard InChI is InChI=1S/C14H11ClN2O/c15-13-3-1-12(2-4-13)14(17-10-18)9-11-5-7-16-8-6-11/h1-8,14H,9H2. The zero-order valence-electron chi connectivity index (χ0n) is 9.58. The number of carbonyl (C=O) groups excluding carboxylic acids is 1. The summed E-state index contributed by atoms with van der Waals surface area (Å²) in [5, 5.41) is 0.663. The molecule has 90 valence electrons. The van der Waals surface area contributed by atoms with Crippen molar-refractivity contribution in [2.45, 2.75) is 12.5 Å². The fraction of sp³-hybridized carbons (Fsp3) is 0.143. The van der Waals surface area contributed by atoms with Crippen LogP contribution >= 0.6 is 11.6 Å². The normalized spacial score (nSPS) is 11.6. The lowest BCUT2D eigenvalue weighted by molar-refractivity contribution is 0.557. The van der Waals surface area contributed by atoms with Crippen molar-refractivity contribution in [2.75, 3.05) is 0 Å². The average molecular weight is 259 g/mol. The van der Waals surface area contributed by atoms with Gasteiger partial charge in [0.25, 0.3) is 0 Å². The number of rotatable bonds is 4. The lowest BCUT2D eigenvalue weighted by Gasteiger charge is -2.11. The molecular formula is C14H11ClN2O. The minimum atomic E-state index is -0.234. The maximum absolute atomic E-state index is 10.5. The molecule has 3 nitrogen and oxygen atoms in total. The molecule has 0 fully saturated rings. The fourth-order valence-corrected chi connectivity index (χ4v) is 1.85. The third kappa shape index (κ3) is 3.27. The van der Waals surface area contributed by atoms with Gasteiger partial charge >= 0.3 is 0 Å². The number of hydrogen-bond acceptors (Lipinski definition) is 3. The van der Waals surface area contributed by atoms with Crippen molar-refractivity contribution in [1.82, 2.24) is 4.98 Å². The van der Waals surface area contributed by atoms with E-state index in [9.17, 15) is 4.79 Å². The van der Waals surface area contributed by atoms with E-state index in [1.165, 1.54) is 0 Å². The molecule has 0 aliphatic heterocycles. The van der Waals surface area contributed by atoms with E-state index < -0.39 is 0 Å². The number of aromatic nitrogens is 1. The first-order chi connectivity index (χ1) is 8.79. The minimum absolute atomic E-state index is 0.234. The van der Waals surface area contributed by atoms with Crippen LogP contribution in [0, 0.1) is 0 Å². The first-order valence-electron chi connectivity index (χ1n) is 5.51. The van der Waals surface area contributed by atoms with Gasteiger partial charge in [0.2, 0.25) is 6.08 Å². The fourth-order valence-electron chi connectivity index (χ4n) is 1.73. The van der Waals surface area contributed by atoms with Crippen LogP contribution in [0.1, 0.15) is 17.2 Å². The largest absolute Gasteiger partial charge is 0.265 e. The number of hydrogen-bond donors (Lipinski definition) is 0. The average Bonchev–Trinajstić information content (AvgIpc) is 2.40. The number of nitrogens with zero attached hydrogens (tertiary/aromatic N) is 2. The maximum Gasteiger partial charge on any atom is 0.235 e. The zero-order chi connectivity index (χ0) is 12.8. The van der Waals surface area contributed by atoms with Crippen LogP contribution in [-0.4, -0.2) is 11.1 Å². The minimum Gasteiger partial charge on any atom is -0.265 e. The molecule has 0 N–H and O–H groups in total. The van der Waals surface area contributed by atoms with Gasteiger partial charge in [-0.2, -0.15) is 4.99 Å². The van der Waals surface area contributed by atoms with Crippen LogP contribution in [0.4, 0.5) is 0 Å². The van der Waals surface area contributed by atoms with Crippen LogP contribution in [-0.2, 0) is 11.2 Å². The van der Waals surface area contributed by atoms with Crippen molar-refractivity contribution in [3.63, 3.8) is 0 Å². The Hall–Kier alpha value is -1.96. The Morgan fingerprint density at radius 1 is 1.17 bits per heavy atom. The maximum atomic E-state index is 10.5. The van der Waals surface area contributed by atoms with E-state index in [-0.39, 0.29) is 6.04 Å². The molecular weight excluding hydrogens is 248 g/mol. The van der Waals surface area contributed by atoms with Gasteiger partial charge in [-0.25, -0.2) is 4.79 Å².